The van der Waals surface area contributed by atoms with Gasteiger partial charge in [-0.3, -0.25) is 0 Å². The molecule has 0 saturated carbocycles. The number of methoxy groups -OCH3 is 1. The molecule has 1 aliphatic heterocycles. The van der Waals surface area contributed by atoms with Crippen LogP contribution in [0.4, 0.5) is 11.4 Å². The molecule has 0 bridgehead atoms. The summed E-state index contributed by atoms with van der Waals surface area (Å²) in [7, 11) is 1.66. The van der Waals surface area contributed by atoms with Gasteiger partial charge in [0.05, 0.1) is 7.11 Å². The van der Waals surface area contributed by atoms with Gasteiger partial charge in [-0.25, -0.2) is 0 Å². The van der Waals surface area contributed by atoms with E-state index in [2.05, 4.69) is 39.8 Å². The number of nitrogens with zero attached hydrogens (tertiary/aromatic N) is 1. The molecule has 2 N–H and O–H groups in total. The van der Waals surface area contributed by atoms with E-state index in [1.54, 1.807) is 7.11 Å². The fraction of sp³-hybridized carbons (Fsp3) is 0.316. The molecule has 126 valence electrons. The van der Waals surface area contributed by atoms with Crippen LogP contribution in [0.1, 0.15) is 18.4 Å². The number of hydrogen-bond acceptors (Lipinski definition) is 3. The predicted octanol–water partition coefficient (Wildman–Crippen LogP) is 3.78. The molecular weight excluding hydrogens is 318 g/mol. The second-order valence-electron chi connectivity index (χ2n) is 5.90. The number of benzene rings is 2. The maximum atomic E-state index is 5.35. The molecule has 0 atom stereocenters. The van der Waals surface area contributed by atoms with Crippen molar-refractivity contribution >= 4 is 28.7 Å². The fourth-order valence-corrected chi connectivity index (χ4v) is 3.02. The summed E-state index contributed by atoms with van der Waals surface area (Å²) >= 11 is 5.35. The number of thiocarbonyl (C=S) groups is 1. The van der Waals surface area contributed by atoms with E-state index in [9.17, 15) is 0 Å². The zero-order valence-electron chi connectivity index (χ0n) is 13.9. The summed E-state index contributed by atoms with van der Waals surface area (Å²) in [5, 5.41) is 7.03. The largest absolute Gasteiger partial charge is 0.497 e. The van der Waals surface area contributed by atoms with Crippen LogP contribution in [0.15, 0.2) is 48.5 Å². The molecule has 0 aliphatic carbocycles. The Morgan fingerprint density at radius 3 is 2.33 bits per heavy atom. The molecule has 3 rings (SSSR count). The van der Waals surface area contributed by atoms with E-state index >= 15 is 0 Å². The summed E-state index contributed by atoms with van der Waals surface area (Å²) < 4.78 is 5.15. The van der Waals surface area contributed by atoms with Gasteiger partial charge in [0.1, 0.15) is 5.75 Å². The molecule has 1 saturated heterocycles. The second-order valence-corrected chi connectivity index (χ2v) is 6.31. The van der Waals surface area contributed by atoms with Crippen LogP contribution in [0.2, 0.25) is 0 Å². The fourth-order valence-electron chi connectivity index (χ4n) is 2.83. The van der Waals surface area contributed by atoms with Crippen molar-refractivity contribution in [3.05, 3.63) is 54.1 Å². The summed E-state index contributed by atoms with van der Waals surface area (Å²) in [6, 6.07) is 16.4. The monoisotopic (exact) mass is 341 g/mol. The van der Waals surface area contributed by atoms with Gasteiger partial charge in [-0.1, -0.05) is 12.1 Å². The van der Waals surface area contributed by atoms with E-state index in [0.717, 1.165) is 11.4 Å². The number of hydrogen-bond donors (Lipinski definition) is 2. The van der Waals surface area contributed by atoms with Crippen LogP contribution < -0.4 is 20.3 Å². The molecule has 5 heteroatoms. The highest BCUT2D eigenvalue weighted by Crippen LogP contribution is 2.20. The van der Waals surface area contributed by atoms with Crippen LogP contribution >= 0.6 is 12.2 Å². The Labute approximate surface area is 148 Å². The Hall–Kier alpha value is -2.27. The van der Waals surface area contributed by atoms with E-state index in [0.29, 0.717) is 11.7 Å². The second kappa shape index (κ2) is 8.02. The minimum atomic E-state index is 0.615. The minimum absolute atomic E-state index is 0.615. The lowest BCUT2D eigenvalue weighted by Crippen LogP contribution is -2.27. The van der Waals surface area contributed by atoms with Crippen LogP contribution in [0.5, 0.6) is 5.75 Å². The number of nitrogens with one attached hydrogen (secondary N) is 2. The third kappa shape index (κ3) is 4.38. The van der Waals surface area contributed by atoms with E-state index in [1.807, 2.05) is 24.3 Å². The molecule has 0 unspecified atom stereocenters. The van der Waals surface area contributed by atoms with Crippen molar-refractivity contribution in [1.29, 1.82) is 0 Å². The van der Waals surface area contributed by atoms with E-state index in [1.165, 1.54) is 37.2 Å². The Balaban J connectivity index is 1.48. The standard InChI is InChI=1S/C19H23N3OS/c1-23-18-10-6-16(7-11-18)21-19(24)20-14-15-4-8-17(9-5-15)22-12-2-3-13-22/h4-11H,2-3,12-14H2,1H3,(H2,20,21,24). The van der Waals surface area contributed by atoms with Crippen molar-refractivity contribution in [3.8, 4) is 5.75 Å². The normalized spacial score (nSPS) is 13.6. The van der Waals surface area contributed by atoms with Crippen LogP contribution in [0.25, 0.3) is 0 Å². The van der Waals surface area contributed by atoms with Gasteiger partial charge in [-0.05, 0) is 67.0 Å². The molecule has 24 heavy (non-hydrogen) atoms. The highest BCUT2D eigenvalue weighted by molar-refractivity contribution is 7.80. The van der Waals surface area contributed by atoms with E-state index < -0.39 is 0 Å². The topological polar surface area (TPSA) is 36.5 Å². The first-order valence-electron chi connectivity index (χ1n) is 8.27. The Morgan fingerprint density at radius 2 is 1.71 bits per heavy atom. The number of rotatable bonds is 5. The highest BCUT2D eigenvalue weighted by Gasteiger charge is 2.11. The summed E-state index contributed by atoms with van der Waals surface area (Å²) in [4.78, 5) is 2.44. The first-order chi connectivity index (χ1) is 11.7. The molecule has 0 spiro atoms. The van der Waals surface area contributed by atoms with E-state index in [-0.39, 0.29) is 0 Å². The zero-order valence-corrected chi connectivity index (χ0v) is 14.7. The van der Waals surface area contributed by atoms with E-state index in [4.69, 9.17) is 17.0 Å². The smallest absolute Gasteiger partial charge is 0.171 e. The quantitative estimate of drug-likeness (QED) is 0.810. The van der Waals surface area contributed by atoms with Crippen molar-refractivity contribution in [2.24, 2.45) is 0 Å². The van der Waals surface area contributed by atoms with Crippen LogP contribution in [0.3, 0.4) is 0 Å². The van der Waals surface area contributed by atoms with Crippen molar-refractivity contribution in [1.82, 2.24) is 5.32 Å². The maximum absolute atomic E-state index is 5.35. The Kier molecular flexibility index (Phi) is 5.54. The minimum Gasteiger partial charge on any atom is -0.497 e. The Bertz CT molecular complexity index is 664. The van der Waals surface area contributed by atoms with Gasteiger partial charge >= 0.3 is 0 Å². The molecule has 0 radical (unpaired) electrons. The molecule has 1 heterocycles. The SMILES string of the molecule is COc1ccc(NC(=S)NCc2ccc(N3CCCC3)cc2)cc1. The molecule has 2 aromatic carbocycles. The first-order valence-corrected chi connectivity index (χ1v) is 8.68. The summed E-state index contributed by atoms with van der Waals surface area (Å²) in [6.45, 7) is 3.06. The van der Waals surface area contributed by atoms with Gasteiger partial charge in [-0.2, -0.15) is 0 Å². The van der Waals surface area contributed by atoms with Crippen LogP contribution in [0, 0.1) is 0 Å². The van der Waals surface area contributed by atoms with Crippen LogP contribution in [-0.2, 0) is 6.54 Å². The van der Waals surface area contributed by atoms with Gasteiger partial charge in [-0.15, -0.1) is 0 Å². The van der Waals surface area contributed by atoms with Crippen molar-refractivity contribution in [2.45, 2.75) is 19.4 Å². The molecule has 1 fully saturated rings. The molecular formula is C19H23N3OS. The summed E-state index contributed by atoms with van der Waals surface area (Å²) in [6.07, 6.45) is 2.60. The van der Waals surface area contributed by atoms with Crippen LogP contribution in [-0.4, -0.2) is 25.3 Å². The first kappa shape index (κ1) is 16.6. The third-order valence-electron chi connectivity index (χ3n) is 4.21. The number of anilines is 2. The zero-order chi connectivity index (χ0) is 16.8. The van der Waals surface area contributed by atoms with Crippen molar-refractivity contribution < 1.29 is 4.74 Å². The van der Waals surface area contributed by atoms with Crippen molar-refractivity contribution in [2.75, 3.05) is 30.4 Å². The predicted molar refractivity (Wildman–Crippen MR) is 104 cm³/mol. The molecule has 1 aliphatic rings. The molecule has 0 amide bonds. The van der Waals surface area contributed by atoms with Gasteiger partial charge < -0.3 is 20.3 Å². The average molecular weight is 341 g/mol. The summed E-state index contributed by atoms with van der Waals surface area (Å²) in [5.41, 5.74) is 3.48. The van der Waals surface area contributed by atoms with Gasteiger partial charge in [0.25, 0.3) is 0 Å². The van der Waals surface area contributed by atoms with Gasteiger partial charge in [0.2, 0.25) is 0 Å². The van der Waals surface area contributed by atoms with Gasteiger partial charge in [0, 0.05) is 31.0 Å². The lowest BCUT2D eigenvalue weighted by atomic mass is 10.2. The number of ether oxygens (including phenoxy) is 1. The molecule has 2 aromatic rings. The lowest BCUT2D eigenvalue weighted by Gasteiger charge is -2.18. The maximum Gasteiger partial charge on any atom is 0.171 e. The van der Waals surface area contributed by atoms with Gasteiger partial charge in [0.15, 0.2) is 5.11 Å². The summed E-state index contributed by atoms with van der Waals surface area (Å²) in [5.74, 6) is 0.831. The lowest BCUT2D eigenvalue weighted by molar-refractivity contribution is 0.415. The Morgan fingerprint density at radius 1 is 1.04 bits per heavy atom. The highest BCUT2D eigenvalue weighted by atomic mass is 32.1. The van der Waals surface area contributed by atoms with Crippen molar-refractivity contribution in [3.63, 3.8) is 0 Å². The molecule has 4 nitrogen and oxygen atoms in total. The average Bonchev–Trinajstić information content (AvgIpc) is 3.16. The third-order valence-corrected chi connectivity index (χ3v) is 4.45. The molecule has 0 aromatic heterocycles.